The van der Waals surface area contributed by atoms with E-state index in [1.54, 1.807) is 0 Å². The summed E-state index contributed by atoms with van der Waals surface area (Å²) in [7, 11) is 0. The highest BCUT2D eigenvalue weighted by Crippen LogP contribution is 2.20. The Morgan fingerprint density at radius 2 is 1.75 bits per heavy atom. The highest BCUT2D eigenvalue weighted by molar-refractivity contribution is 5.76. The molecule has 0 aliphatic carbocycles. The fourth-order valence-corrected chi connectivity index (χ4v) is 2.08. The van der Waals surface area contributed by atoms with Gasteiger partial charge in [-0.2, -0.15) is 0 Å². The zero-order valence-corrected chi connectivity index (χ0v) is 11.7. The van der Waals surface area contributed by atoms with Crippen molar-refractivity contribution in [2.75, 3.05) is 6.61 Å². The third kappa shape index (κ3) is 3.60. The molecule has 1 atom stereocenters. The number of ether oxygens (including phenoxy) is 1. The van der Waals surface area contributed by atoms with Crippen LogP contribution in [0.15, 0.2) is 48.5 Å². The van der Waals surface area contributed by atoms with Crippen LogP contribution < -0.4 is 4.74 Å². The SMILES string of the molecule is Cc1cccc(OCC(C(=O)O)c2cccc(C)c2)c1. The van der Waals surface area contributed by atoms with Crippen LogP contribution in [0.3, 0.4) is 0 Å². The van der Waals surface area contributed by atoms with E-state index in [1.165, 1.54) is 0 Å². The summed E-state index contributed by atoms with van der Waals surface area (Å²) in [5.41, 5.74) is 2.90. The maximum atomic E-state index is 11.4. The molecule has 0 amide bonds. The lowest BCUT2D eigenvalue weighted by atomic mass is 9.98. The third-order valence-electron chi connectivity index (χ3n) is 3.15. The lowest BCUT2D eigenvalue weighted by molar-refractivity contribution is -0.139. The van der Waals surface area contributed by atoms with Crippen molar-refractivity contribution in [2.24, 2.45) is 0 Å². The number of rotatable bonds is 5. The third-order valence-corrected chi connectivity index (χ3v) is 3.15. The van der Waals surface area contributed by atoms with Gasteiger partial charge in [0.15, 0.2) is 0 Å². The molecule has 0 fully saturated rings. The second kappa shape index (κ2) is 6.24. The second-order valence-electron chi connectivity index (χ2n) is 4.93. The molecule has 3 heteroatoms. The average Bonchev–Trinajstić information content (AvgIpc) is 2.38. The summed E-state index contributed by atoms with van der Waals surface area (Å²) < 4.78 is 5.62. The number of carbonyl (C=O) groups is 1. The summed E-state index contributed by atoms with van der Waals surface area (Å²) in [6.45, 7) is 4.05. The van der Waals surface area contributed by atoms with Gasteiger partial charge in [-0.15, -0.1) is 0 Å². The molecule has 0 aromatic heterocycles. The summed E-state index contributed by atoms with van der Waals surface area (Å²) in [5.74, 6) is -0.831. The van der Waals surface area contributed by atoms with Crippen molar-refractivity contribution in [3.05, 3.63) is 65.2 Å². The molecule has 0 saturated heterocycles. The fraction of sp³-hybridized carbons (Fsp3) is 0.235. The van der Waals surface area contributed by atoms with E-state index in [9.17, 15) is 9.90 Å². The predicted octanol–water partition coefficient (Wildman–Crippen LogP) is 3.55. The van der Waals surface area contributed by atoms with Crippen LogP contribution in [0.2, 0.25) is 0 Å². The Bertz CT molecular complexity index is 605. The zero-order valence-electron chi connectivity index (χ0n) is 11.7. The van der Waals surface area contributed by atoms with Gasteiger partial charge in [0, 0.05) is 0 Å². The van der Waals surface area contributed by atoms with Crippen LogP contribution in [0.4, 0.5) is 0 Å². The molecule has 0 aliphatic heterocycles. The first-order chi connectivity index (χ1) is 9.56. The molecule has 104 valence electrons. The normalized spacial score (nSPS) is 11.9. The van der Waals surface area contributed by atoms with Crippen molar-refractivity contribution < 1.29 is 14.6 Å². The van der Waals surface area contributed by atoms with E-state index in [2.05, 4.69) is 0 Å². The average molecular weight is 270 g/mol. The molecule has 3 nitrogen and oxygen atoms in total. The number of hydrogen-bond acceptors (Lipinski definition) is 2. The number of hydrogen-bond donors (Lipinski definition) is 1. The predicted molar refractivity (Wildman–Crippen MR) is 78.2 cm³/mol. The summed E-state index contributed by atoms with van der Waals surface area (Å²) >= 11 is 0. The number of benzene rings is 2. The molecule has 0 bridgehead atoms. The molecule has 0 spiro atoms. The van der Waals surface area contributed by atoms with Gasteiger partial charge in [-0.05, 0) is 37.1 Å². The fourth-order valence-electron chi connectivity index (χ4n) is 2.08. The number of carboxylic acids is 1. The van der Waals surface area contributed by atoms with Gasteiger partial charge in [-0.1, -0.05) is 42.0 Å². The Morgan fingerprint density at radius 3 is 2.35 bits per heavy atom. The van der Waals surface area contributed by atoms with Gasteiger partial charge in [-0.3, -0.25) is 4.79 Å². The Balaban J connectivity index is 2.13. The Labute approximate surface area is 118 Å². The summed E-state index contributed by atoms with van der Waals surface area (Å²) in [4.78, 5) is 11.4. The van der Waals surface area contributed by atoms with Gasteiger partial charge in [0.2, 0.25) is 0 Å². The van der Waals surface area contributed by atoms with Crippen LogP contribution in [0.25, 0.3) is 0 Å². The topological polar surface area (TPSA) is 46.5 Å². The molecule has 20 heavy (non-hydrogen) atoms. The molecule has 1 unspecified atom stereocenters. The number of aryl methyl sites for hydroxylation is 2. The molecule has 2 aromatic rings. The van der Waals surface area contributed by atoms with Crippen LogP contribution in [0.5, 0.6) is 5.75 Å². The van der Waals surface area contributed by atoms with E-state index >= 15 is 0 Å². The van der Waals surface area contributed by atoms with Crippen LogP contribution in [-0.2, 0) is 4.79 Å². The van der Waals surface area contributed by atoms with Crippen LogP contribution in [-0.4, -0.2) is 17.7 Å². The standard InChI is InChI=1S/C17H18O3/c1-12-5-3-7-14(9-12)16(17(18)19)11-20-15-8-4-6-13(2)10-15/h3-10,16H,11H2,1-2H3,(H,18,19). The maximum Gasteiger partial charge on any atom is 0.314 e. The smallest absolute Gasteiger partial charge is 0.314 e. The van der Waals surface area contributed by atoms with Gasteiger partial charge in [0.1, 0.15) is 18.3 Å². The first-order valence-corrected chi connectivity index (χ1v) is 6.55. The quantitative estimate of drug-likeness (QED) is 0.903. The highest BCUT2D eigenvalue weighted by Gasteiger charge is 2.20. The van der Waals surface area contributed by atoms with Gasteiger partial charge < -0.3 is 9.84 Å². The van der Waals surface area contributed by atoms with Gasteiger partial charge in [-0.25, -0.2) is 0 Å². The largest absolute Gasteiger partial charge is 0.492 e. The van der Waals surface area contributed by atoms with Crippen molar-refractivity contribution in [3.63, 3.8) is 0 Å². The minimum absolute atomic E-state index is 0.127. The van der Waals surface area contributed by atoms with Crippen molar-refractivity contribution >= 4 is 5.97 Å². The second-order valence-corrected chi connectivity index (χ2v) is 4.93. The Kier molecular flexibility index (Phi) is 4.41. The monoisotopic (exact) mass is 270 g/mol. The summed E-state index contributed by atoms with van der Waals surface area (Å²) in [5, 5.41) is 9.37. The molecule has 1 N–H and O–H groups in total. The van der Waals surface area contributed by atoms with Crippen molar-refractivity contribution in [2.45, 2.75) is 19.8 Å². The van der Waals surface area contributed by atoms with Crippen molar-refractivity contribution in [3.8, 4) is 5.75 Å². The molecule has 0 radical (unpaired) electrons. The van der Waals surface area contributed by atoms with Crippen molar-refractivity contribution in [1.82, 2.24) is 0 Å². The van der Waals surface area contributed by atoms with E-state index < -0.39 is 11.9 Å². The van der Waals surface area contributed by atoms with E-state index in [1.807, 2.05) is 62.4 Å². The summed E-state index contributed by atoms with van der Waals surface area (Å²) in [6.07, 6.45) is 0. The van der Waals surface area contributed by atoms with Gasteiger partial charge in [0.05, 0.1) is 0 Å². The first kappa shape index (κ1) is 14.1. The molecule has 0 saturated carbocycles. The van der Waals surface area contributed by atoms with Gasteiger partial charge >= 0.3 is 5.97 Å². The minimum Gasteiger partial charge on any atom is -0.492 e. The van der Waals surface area contributed by atoms with E-state index in [0.29, 0.717) is 5.75 Å². The molecular formula is C17H18O3. The Hall–Kier alpha value is -2.29. The zero-order chi connectivity index (χ0) is 14.5. The molecule has 0 heterocycles. The lowest BCUT2D eigenvalue weighted by Gasteiger charge is -2.15. The molecule has 0 aliphatic rings. The van der Waals surface area contributed by atoms with E-state index in [-0.39, 0.29) is 6.61 Å². The summed E-state index contributed by atoms with van der Waals surface area (Å²) in [6, 6.07) is 15.1. The van der Waals surface area contributed by atoms with Crippen LogP contribution in [0.1, 0.15) is 22.6 Å². The number of carboxylic acid groups (broad SMARTS) is 1. The van der Waals surface area contributed by atoms with Gasteiger partial charge in [0.25, 0.3) is 0 Å². The lowest BCUT2D eigenvalue weighted by Crippen LogP contribution is -2.19. The van der Waals surface area contributed by atoms with E-state index in [4.69, 9.17) is 4.74 Å². The maximum absolute atomic E-state index is 11.4. The molecule has 2 rings (SSSR count). The van der Waals surface area contributed by atoms with E-state index in [0.717, 1.165) is 16.7 Å². The molecular weight excluding hydrogens is 252 g/mol. The minimum atomic E-state index is -0.872. The molecule has 2 aromatic carbocycles. The van der Waals surface area contributed by atoms with Crippen LogP contribution >= 0.6 is 0 Å². The van der Waals surface area contributed by atoms with Crippen molar-refractivity contribution in [1.29, 1.82) is 0 Å². The first-order valence-electron chi connectivity index (χ1n) is 6.55. The van der Waals surface area contributed by atoms with Crippen LogP contribution in [0, 0.1) is 13.8 Å². The Morgan fingerprint density at radius 1 is 1.10 bits per heavy atom. The number of aliphatic carboxylic acids is 1. The highest BCUT2D eigenvalue weighted by atomic mass is 16.5.